The molecule has 0 radical (unpaired) electrons. The summed E-state index contributed by atoms with van der Waals surface area (Å²) in [5.74, 6) is -0.190. The normalized spacial score (nSPS) is 11.3. The summed E-state index contributed by atoms with van der Waals surface area (Å²) in [6.45, 7) is 5.32. The minimum Gasteiger partial charge on any atom is -0.356 e. The summed E-state index contributed by atoms with van der Waals surface area (Å²) < 4.78 is 23.1. The molecule has 0 rings (SSSR count). The van der Waals surface area contributed by atoms with Crippen molar-refractivity contribution < 1.29 is 23.2 Å². The Labute approximate surface area is 156 Å². The second-order valence-electron chi connectivity index (χ2n) is 5.60. The van der Waals surface area contributed by atoms with Crippen LogP contribution in [0.15, 0.2) is 0 Å². The van der Waals surface area contributed by atoms with E-state index in [4.69, 9.17) is 20.6 Å². The van der Waals surface area contributed by atoms with Crippen LogP contribution in [0.25, 0.3) is 0 Å². The number of unbranched alkanes of at least 4 members (excludes halogenated alkanes) is 2. The van der Waals surface area contributed by atoms with E-state index in [-0.39, 0.29) is 49.9 Å². The van der Waals surface area contributed by atoms with Crippen molar-refractivity contribution in [2.45, 2.75) is 52.4 Å². The highest BCUT2D eigenvalue weighted by atomic mass is 35.5. The van der Waals surface area contributed by atoms with Crippen LogP contribution in [0.1, 0.15) is 52.4 Å². The molecule has 0 aliphatic carbocycles. The third kappa shape index (κ3) is 14.3. The summed E-state index contributed by atoms with van der Waals surface area (Å²) in [4.78, 5) is 23.2. The molecule has 7 nitrogen and oxygen atoms in total. The summed E-state index contributed by atoms with van der Waals surface area (Å²) in [6.07, 6.45) is 4.10. The lowest BCUT2D eigenvalue weighted by Crippen LogP contribution is -2.26. The summed E-state index contributed by atoms with van der Waals surface area (Å²) >= 11 is 5.65. The van der Waals surface area contributed by atoms with E-state index in [0.29, 0.717) is 13.1 Å². The molecule has 0 atom stereocenters. The Hall–Kier alpha value is -0.620. The van der Waals surface area contributed by atoms with Gasteiger partial charge >= 0.3 is 7.60 Å². The summed E-state index contributed by atoms with van der Waals surface area (Å²) in [6, 6.07) is 0. The largest absolute Gasteiger partial charge is 0.356 e. The molecular weight excluding hydrogens is 367 g/mol. The molecule has 148 valence electrons. The van der Waals surface area contributed by atoms with Crippen molar-refractivity contribution in [2.24, 2.45) is 0 Å². The maximum absolute atomic E-state index is 12.5. The number of rotatable bonds is 16. The van der Waals surface area contributed by atoms with Gasteiger partial charge in [0.1, 0.15) is 0 Å². The van der Waals surface area contributed by atoms with E-state index in [1.807, 2.05) is 13.8 Å². The van der Waals surface area contributed by atoms with Crippen LogP contribution in [-0.4, -0.2) is 50.2 Å². The molecule has 0 saturated carbocycles. The number of amides is 2. The highest BCUT2D eigenvalue weighted by molar-refractivity contribution is 7.53. The van der Waals surface area contributed by atoms with Crippen molar-refractivity contribution in [3.63, 3.8) is 0 Å². The standard InChI is InChI=1S/C16H32ClN2O5P/c1-3-5-10-18-15(20)7-12-23-25(22,14-9-17)24-13-8-16(21)19-11-6-4-2/h3-14H2,1-2H3,(H,18,20)(H,19,21). The van der Waals surface area contributed by atoms with E-state index >= 15 is 0 Å². The molecule has 0 saturated heterocycles. The van der Waals surface area contributed by atoms with Crippen molar-refractivity contribution >= 4 is 31.0 Å². The minimum absolute atomic E-state index is 0.00514. The minimum atomic E-state index is -3.39. The molecule has 0 spiro atoms. The Morgan fingerprint density at radius 1 is 0.920 bits per heavy atom. The summed E-state index contributed by atoms with van der Waals surface area (Å²) in [5.41, 5.74) is 0. The topological polar surface area (TPSA) is 93.7 Å². The molecule has 0 unspecified atom stereocenters. The Bertz CT molecular complexity index is 391. The molecule has 0 aliphatic heterocycles. The zero-order chi connectivity index (χ0) is 19.0. The van der Waals surface area contributed by atoms with E-state index < -0.39 is 7.60 Å². The number of halogens is 1. The molecule has 0 aromatic rings. The lowest BCUT2D eigenvalue weighted by Gasteiger charge is -2.17. The highest BCUT2D eigenvalue weighted by Gasteiger charge is 2.24. The third-order valence-electron chi connectivity index (χ3n) is 3.30. The van der Waals surface area contributed by atoms with E-state index in [0.717, 1.165) is 25.7 Å². The van der Waals surface area contributed by atoms with Crippen molar-refractivity contribution in [1.82, 2.24) is 10.6 Å². The number of alkyl halides is 1. The molecule has 0 bridgehead atoms. The summed E-state index contributed by atoms with van der Waals surface area (Å²) in [5, 5.41) is 5.51. The van der Waals surface area contributed by atoms with Crippen molar-refractivity contribution in [2.75, 3.05) is 38.3 Å². The molecule has 25 heavy (non-hydrogen) atoms. The summed E-state index contributed by atoms with van der Waals surface area (Å²) in [7, 11) is -3.39. The van der Waals surface area contributed by atoms with Crippen LogP contribution < -0.4 is 10.6 Å². The van der Waals surface area contributed by atoms with Crippen LogP contribution in [0.5, 0.6) is 0 Å². The van der Waals surface area contributed by atoms with Gasteiger partial charge in [0.05, 0.1) is 32.2 Å². The monoisotopic (exact) mass is 398 g/mol. The van der Waals surface area contributed by atoms with Gasteiger partial charge in [0.2, 0.25) is 11.8 Å². The number of hydrogen-bond donors (Lipinski definition) is 2. The average Bonchev–Trinajstić information content (AvgIpc) is 2.55. The van der Waals surface area contributed by atoms with Gasteiger partial charge in [0, 0.05) is 19.0 Å². The van der Waals surface area contributed by atoms with Crippen molar-refractivity contribution in [1.29, 1.82) is 0 Å². The Morgan fingerprint density at radius 2 is 1.36 bits per heavy atom. The zero-order valence-corrected chi connectivity index (χ0v) is 17.0. The molecule has 0 heterocycles. The van der Waals surface area contributed by atoms with Crippen LogP contribution in [0.2, 0.25) is 0 Å². The van der Waals surface area contributed by atoms with Gasteiger partial charge in [-0.05, 0) is 12.8 Å². The number of hydrogen-bond acceptors (Lipinski definition) is 5. The van der Waals surface area contributed by atoms with Gasteiger partial charge in [0.15, 0.2) is 0 Å². The van der Waals surface area contributed by atoms with Gasteiger partial charge in [0.25, 0.3) is 0 Å². The molecule has 9 heteroatoms. The maximum Gasteiger partial charge on any atom is 0.331 e. The van der Waals surface area contributed by atoms with E-state index in [1.54, 1.807) is 0 Å². The van der Waals surface area contributed by atoms with Crippen LogP contribution in [0, 0.1) is 0 Å². The van der Waals surface area contributed by atoms with Gasteiger partial charge in [-0.25, -0.2) is 0 Å². The number of carbonyl (C=O) groups is 2. The lowest BCUT2D eigenvalue weighted by atomic mass is 10.3. The fourth-order valence-electron chi connectivity index (χ4n) is 1.81. The molecule has 0 aromatic heterocycles. The van der Waals surface area contributed by atoms with Gasteiger partial charge in [-0.15, -0.1) is 11.6 Å². The maximum atomic E-state index is 12.5. The molecule has 2 amide bonds. The molecule has 0 aliphatic rings. The van der Waals surface area contributed by atoms with E-state index in [9.17, 15) is 14.2 Å². The first kappa shape index (κ1) is 24.4. The van der Waals surface area contributed by atoms with Gasteiger partial charge in [-0.1, -0.05) is 26.7 Å². The quantitative estimate of drug-likeness (QED) is 0.237. The third-order valence-corrected chi connectivity index (χ3v) is 5.67. The molecule has 0 fully saturated rings. The SMILES string of the molecule is CCCCNC(=O)CCOP(=O)(CCCl)OCCC(=O)NCCCC. The Kier molecular flexibility index (Phi) is 15.2. The van der Waals surface area contributed by atoms with Crippen molar-refractivity contribution in [3.8, 4) is 0 Å². The molecular formula is C16H32ClN2O5P. The molecule has 0 aromatic carbocycles. The van der Waals surface area contributed by atoms with Gasteiger partial charge in [-0.3, -0.25) is 14.2 Å². The van der Waals surface area contributed by atoms with Crippen LogP contribution in [-0.2, 0) is 23.2 Å². The fraction of sp³-hybridized carbons (Fsp3) is 0.875. The van der Waals surface area contributed by atoms with Gasteiger partial charge in [-0.2, -0.15) is 0 Å². The first-order chi connectivity index (χ1) is 12.0. The Morgan fingerprint density at radius 3 is 1.72 bits per heavy atom. The molecule has 2 N–H and O–H groups in total. The average molecular weight is 399 g/mol. The number of nitrogens with one attached hydrogen (secondary N) is 2. The first-order valence-corrected chi connectivity index (χ1v) is 11.2. The first-order valence-electron chi connectivity index (χ1n) is 8.95. The lowest BCUT2D eigenvalue weighted by molar-refractivity contribution is -0.122. The van der Waals surface area contributed by atoms with Crippen LogP contribution in [0.4, 0.5) is 0 Å². The Balaban J connectivity index is 4.07. The van der Waals surface area contributed by atoms with Crippen LogP contribution >= 0.6 is 19.2 Å². The van der Waals surface area contributed by atoms with E-state index in [2.05, 4.69) is 10.6 Å². The van der Waals surface area contributed by atoms with Crippen LogP contribution in [0.3, 0.4) is 0 Å². The fourth-order valence-corrected chi connectivity index (χ4v) is 3.71. The highest BCUT2D eigenvalue weighted by Crippen LogP contribution is 2.48. The second kappa shape index (κ2) is 15.6. The predicted molar refractivity (Wildman–Crippen MR) is 100 cm³/mol. The van der Waals surface area contributed by atoms with E-state index in [1.165, 1.54) is 0 Å². The number of carbonyl (C=O) groups excluding carboxylic acids is 2. The zero-order valence-electron chi connectivity index (χ0n) is 15.4. The second-order valence-corrected chi connectivity index (χ2v) is 8.16. The predicted octanol–water partition coefficient (Wildman–Crippen LogP) is 3.06. The smallest absolute Gasteiger partial charge is 0.331 e. The van der Waals surface area contributed by atoms with Gasteiger partial charge < -0.3 is 19.7 Å². The van der Waals surface area contributed by atoms with Crippen molar-refractivity contribution in [3.05, 3.63) is 0 Å².